The van der Waals surface area contributed by atoms with Crippen LogP contribution in [0.25, 0.3) is 21.8 Å². The van der Waals surface area contributed by atoms with Gasteiger partial charge in [-0.15, -0.1) is 23.7 Å². The van der Waals surface area contributed by atoms with Gasteiger partial charge < -0.3 is 10.6 Å². The molecule has 1 saturated heterocycles. The number of piperidine rings is 1. The standard InChI is InChI=1S/C31H37FN6O2S2.ClH/c1-5-18-42(39,40)38-24-11-7-10-23(26(24)32)27-28(41-29(37-27)31(2,3)4)25-14-17-34-30(36-25)35-22-9-6-8-21(19-22)20-12-15-33-16-13-20;/h6-11,14,17,19-20,33,38H,5,12-13,15-16,18H2,1-4H3,(H,34,35,36);1H. The van der Waals surface area contributed by atoms with Gasteiger partial charge in [0.25, 0.3) is 0 Å². The monoisotopic (exact) mass is 644 g/mol. The van der Waals surface area contributed by atoms with Crippen LogP contribution >= 0.6 is 23.7 Å². The maximum absolute atomic E-state index is 15.9. The fourth-order valence-corrected chi connectivity index (χ4v) is 7.22. The summed E-state index contributed by atoms with van der Waals surface area (Å²) in [6.07, 6.45) is 4.32. The molecule has 0 radical (unpaired) electrons. The third-order valence-electron chi connectivity index (χ3n) is 7.10. The van der Waals surface area contributed by atoms with Gasteiger partial charge in [0.1, 0.15) is 0 Å². The Hall–Kier alpha value is -3.12. The average Bonchev–Trinajstić information content (AvgIpc) is 3.41. The van der Waals surface area contributed by atoms with Crippen molar-refractivity contribution in [3.63, 3.8) is 0 Å². The Balaban J connectivity index is 0.00000423. The smallest absolute Gasteiger partial charge is 0.232 e. The van der Waals surface area contributed by atoms with Gasteiger partial charge in [-0.05, 0) is 74.2 Å². The first-order valence-corrected chi connectivity index (χ1v) is 16.7. The highest BCUT2D eigenvalue weighted by Gasteiger charge is 2.26. The number of sulfonamides is 1. The molecule has 3 heterocycles. The highest BCUT2D eigenvalue weighted by molar-refractivity contribution is 7.92. The summed E-state index contributed by atoms with van der Waals surface area (Å²) in [7, 11) is -3.67. The van der Waals surface area contributed by atoms with Crippen molar-refractivity contribution in [2.45, 2.75) is 58.3 Å². The van der Waals surface area contributed by atoms with Crippen molar-refractivity contribution in [2.24, 2.45) is 0 Å². The van der Waals surface area contributed by atoms with E-state index >= 15 is 4.39 Å². The molecule has 0 amide bonds. The molecule has 2 aromatic heterocycles. The quantitative estimate of drug-likeness (QED) is 0.173. The molecular formula is C31H38ClFN6O2S2. The molecule has 5 rings (SSSR count). The number of benzene rings is 2. The summed E-state index contributed by atoms with van der Waals surface area (Å²) in [5, 5.41) is 7.57. The molecule has 12 heteroatoms. The molecule has 1 fully saturated rings. The number of thiazole rings is 1. The van der Waals surface area contributed by atoms with Gasteiger partial charge >= 0.3 is 0 Å². The van der Waals surface area contributed by atoms with Gasteiger partial charge in [-0.2, -0.15) is 0 Å². The van der Waals surface area contributed by atoms with E-state index in [1.54, 1.807) is 31.3 Å². The Labute approximate surface area is 263 Å². The molecule has 230 valence electrons. The van der Waals surface area contributed by atoms with Gasteiger partial charge in [-0.3, -0.25) is 4.72 Å². The minimum Gasteiger partial charge on any atom is -0.324 e. The lowest BCUT2D eigenvalue weighted by Crippen LogP contribution is -2.26. The number of halogens is 2. The number of aromatic nitrogens is 3. The summed E-state index contributed by atoms with van der Waals surface area (Å²) in [5.41, 5.74) is 3.02. The fraction of sp³-hybridized carbons (Fsp3) is 0.387. The SMILES string of the molecule is CCCS(=O)(=O)Nc1cccc(-c2nc(C(C)(C)C)sc2-c2ccnc(Nc3cccc(C4CCNCC4)c3)n2)c1F.Cl. The van der Waals surface area contributed by atoms with E-state index in [0.29, 0.717) is 34.6 Å². The van der Waals surface area contributed by atoms with Crippen LogP contribution in [0.5, 0.6) is 0 Å². The van der Waals surface area contributed by atoms with Crippen LogP contribution < -0.4 is 15.4 Å². The second-order valence-electron chi connectivity index (χ2n) is 11.6. The summed E-state index contributed by atoms with van der Waals surface area (Å²) >= 11 is 1.45. The van der Waals surface area contributed by atoms with E-state index in [1.165, 1.54) is 23.0 Å². The molecule has 1 aliphatic heterocycles. The zero-order chi connectivity index (χ0) is 29.9. The van der Waals surface area contributed by atoms with E-state index in [0.717, 1.165) is 36.6 Å². The third-order valence-corrected chi connectivity index (χ3v) is 10.1. The van der Waals surface area contributed by atoms with Gasteiger partial charge in [-0.1, -0.05) is 45.9 Å². The molecule has 4 aromatic rings. The van der Waals surface area contributed by atoms with Crippen LogP contribution in [0.2, 0.25) is 0 Å². The van der Waals surface area contributed by atoms with Crippen LogP contribution in [0.4, 0.5) is 21.7 Å². The van der Waals surface area contributed by atoms with Crippen LogP contribution in [0.1, 0.15) is 63.4 Å². The predicted octanol–water partition coefficient (Wildman–Crippen LogP) is 7.49. The summed E-state index contributed by atoms with van der Waals surface area (Å²) in [4.78, 5) is 14.8. The summed E-state index contributed by atoms with van der Waals surface area (Å²) in [5.74, 6) is 0.178. The molecule has 0 saturated carbocycles. The minimum absolute atomic E-state index is 0. The van der Waals surface area contributed by atoms with E-state index in [2.05, 4.69) is 32.5 Å². The topological polar surface area (TPSA) is 109 Å². The highest BCUT2D eigenvalue weighted by atomic mass is 35.5. The Bertz CT molecular complexity index is 1670. The lowest BCUT2D eigenvalue weighted by molar-refractivity contribution is 0.460. The van der Waals surface area contributed by atoms with Crippen LogP contribution in [-0.2, 0) is 15.4 Å². The van der Waals surface area contributed by atoms with Crippen molar-refractivity contribution in [2.75, 3.05) is 28.9 Å². The molecule has 0 unspecified atom stereocenters. The van der Waals surface area contributed by atoms with Crippen molar-refractivity contribution in [3.05, 3.63) is 71.1 Å². The Kier molecular flexibility index (Phi) is 10.4. The van der Waals surface area contributed by atoms with E-state index in [-0.39, 0.29) is 34.8 Å². The number of anilines is 3. The normalized spacial score (nSPS) is 14.3. The summed E-state index contributed by atoms with van der Waals surface area (Å²) in [6.45, 7) is 9.95. The predicted molar refractivity (Wildman–Crippen MR) is 177 cm³/mol. The van der Waals surface area contributed by atoms with Crippen LogP contribution in [0, 0.1) is 5.82 Å². The van der Waals surface area contributed by atoms with E-state index < -0.39 is 15.8 Å². The number of nitrogens with zero attached hydrogens (tertiary/aromatic N) is 3. The van der Waals surface area contributed by atoms with Crippen molar-refractivity contribution in [3.8, 4) is 21.8 Å². The first-order chi connectivity index (χ1) is 20.0. The van der Waals surface area contributed by atoms with Gasteiger partial charge in [0.2, 0.25) is 16.0 Å². The van der Waals surface area contributed by atoms with Crippen molar-refractivity contribution < 1.29 is 12.8 Å². The molecule has 8 nitrogen and oxygen atoms in total. The summed E-state index contributed by atoms with van der Waals surface area (Å²) < 4.78 is 43.1. The van der Waals surface area contributed by atoms with Crippen LogP contribution in [0.3, 0.4) is 0 Å². The molecule has 2 aromatic carbocycles. The van der Waals surface area contributed by atoms with E-state index in [9.17, 15) is 8.42 Å². The van der Waals surface area contributed by atoms with E-state index in [4.69, 9.17) is 9.97 Å². The van der Waals surface area contributed by atoms with Gasteiger partial charge in [-0.25, -0.2) is 27.8 Å². The molecule has 43 heavy (non-hydrogen) atoms. The largest absolute Gasteiger partial charge is 0.324 e. The average molecular weight is 645 g/mol. The Morgan fingerprint density at radius 1 is 1.07 bits per heavy atom. The number of nitrogens with one attached hydrogen (secondary N) is 3. The number of rotatable bonds is 9. The van der Waals surface area contributed by atoms with E-state index in [1.807, 2.05) is 32.9 Å². The fourth-order valence-electron chi connectivity index (χ4n) is 4.98. The molecule has 0 spiro atoms. The lowest BCUT2D eigenvalue weighted by atomic mass is 9.90. The first kappa shape index (κ1) is 32.8. The van der Waals surface area contributed by atoms with Gasteiger partial charge in [0.05, 0.1) is 32.7 Å². The zero-order valence-electron chi connectivity index (χ0n) is 24.8. The summed E-state index contributed by atoms with van der Waals surface area (Å²) in [6, 6.07) is 14.8. The highest BCUT2D eigenvalue weighted by Crippen LogP contribution is 2.42. The van der Waals surface area contributed by atoms with Crippen molar-refractivity contribution in [1.29, 1.82) is 0 Å². The molecule has 0 aliphatic carbocycles. The lowest BCUT2D eigenvalue weighted by Gasteiger charge is -2.23. The molecule has 0 bridgehead atoms. The van der Waals surface area contributed by atoms with Crippen molar-refractivity contribution >= 4 is 51.1 Å². The van der Waals surface area contributed by atoms with Gasteiger partial charge in [0, 0.05) is 22.9 Å². The zero-order valence-corrected chi connectivity index (χ0v) is 27.2. The van der Waals surface area contributed by atoms with Gasteiger partial charge in [0.15, 0.2) is 5.82 Å². The molecule has 1 aliphatic rings. The molecular weight excluding hydrogens is 607 g/mol. The van der Waals surface area contributed by atoms with Crippen LogP contribution in [-0.4, -0.2) is 42.2 Å². The third kappa shape index (κ3) is 7.89. The number of hydrogen-bond acceptors (Lipinski definition) is 8. The second-order valence-corrected chi connectivity index (χ2v) is 14.4. The molecule has 0 atom stereocenters. The second kappa shape index (κ2) is 13.7. The number of hydrogen-bond donors (Lipinski definition) is 3. The Morgan fingerprint density at radius 3 is 2.53 bits per heavy atom. The van der Waals surface area contributed by atoms with Crippen molar-refractivity contribution in [1.82, 2.24) is 20.3 Å². The maximum Gasteiger partial charge on any atom is 0.232 e. The molecule has 3 N–H and O–H groups in total. The van der Waals surface area contributed by atoms with Crippen LogP contribution in [0.15, 0.2) is 54.7 Å². The Morgan fingerprint density at radius 2 is 1.81 bits per heavy atom. The minimum atomic E-state index is -3.67. The maximum atomic E-state index is 15.9. The first-order valence-electron chi connectivity index (χ1n) is 14.3.